The number of carbonyl (C=O) groups excluding carboxylic acids is 2. The highest BCUT2D eigenvalue weighted by atomic mass is 32.2. The second-order valence-electron chi connectivity index (χ2n) is 5.77. The van der Waals surface area contributed by atoms with E-state index in [-0.39, 0.29) is 43.3 Å². The largest absolute Gasteiger partial charge is 0.497 e. The minimum absolute atomic E-state index is 0.0387. The Morgan fingerprint density at radius 3 is 2.19 bits per heavy atom. The van der Waals surface area contributed by atoms with Crippen LogP contribution in [-0.4, -0.2) is 69.4 Å². The van der Waals surface area contributed by atoms with Gasteiger partial charge in [0.15, 0.2) is 0 Å². The molecule has 1 aromatic carbocycles. The lowest BCUT2D eigenvalue weighted by Gasteiger charge is -2.34. The number of hydrogen-bond acceptors (Lipinski definition) is 6. The number of sulfonamides is 1. The van der Waals surface area contributed by atoms with E-state index in [1.165, 1.54) is 23.5 Å². The van der Waals surface area contributed by atoms with Crippen molar-refractivity contribution in [1.29, 1.82) is 0 Å². The summed E-state index contributed by atoms with van der Waals surface area (Å²) in [5.41, 5.74) is 0. The van der Waals surface area contributed by atoms with Crippen molar-refractivity contribution in [3.8, 4) is 5.75 Å². The monoisotopic (exact) mass is 384 g/mol. The molecule has 0 spiro atoms. The van der Waals surface area contributed by atoms with Crippen LogP contribution >= 0.6 is 0 Å². The van der Waals surface area contributed by atoms with Gasteiger partial charge in [-0.25, -0.2) is 8.42 Å². The van der Waals surface area contributed by atoms with Gasteiger partial charge in [-0.1, -0.05) is 0 Å². The Kier molecular flexibility index (Phi) is 6.98. The summed E-state index contributed by atoms with van der Waals surface area (Å²) in [7, 11) is -2.09. The molecule has 1 aliphatic rings. The molecule has 26 heavy (non-hydrogen) atoms. The van der Waals surface area contributed by atoms with Crippen LogP contribution in [0.15, 0.2) is 29.2 Å². The lowest BCUT2D eigenvalue weighted by Crippen LogP contribution is -2.50. The number of piperazine rings is 1. The van der Waals surface area contributed by atoms with Crippen molar-refractivity contribution in [3.63, 3.8) is 0 Å². The highest BCUT2D eigenvalue weighted by molar-refractivity contribution is 7.89. The van der Waals surface area contributed by atoms with Crippen LogP contribution in [0.3, 0.4) is 0 Å². The van der Waals surface area contributed by atoms with Crippen LogP contribution in [0.1, 0.15) is 19.8 Å². The summed E-state index contributed by atoms with van der Waals surface area (Å²) in [5, 5.41) is 0. The molecule has 1 aliphatic heterocycles. The standard InChI is InChI=1S/C17H24N2O6S/c1-3-25-17(21)9-8-16(20)18-10-12-19(13-11-18)26(22,23)15-6-4-14(24-2)5-7-15/h4-7H,3,8-13H2,1-2H3. The third-order valence-electron chi connectivity index (χ3n) is 4.14. The molecule has 0 saturated carbocycles. The first-order valence-corrected chi connectivity index (χ1v) is 9.90. The molecule has 1 saturated heterocycles. The van der Waals surface area contributed by atoms with Gasteiger partial charge >= 0.3 is 5.97 Å². The molecule has 8 nitrogen and oxygen atoms in total. The summed E-state index contributed by atoms with van der Waals surface area (Å²) in [6.07, 6.45) is 0.112. The molecule has 0 unspecified atom stereocenters. The zero-order valence-corrected chi connectivity index (χ0v) is 15.8. The number of amides is 1. The average molecular weight is 384 g/mol. The zero-order chi connectivity index (χ0) is 19.2. The normalized spacial score (nSPS) is 15.5. The van der Waals surface area contributed by atoms with Gasteiger partial charge in [-0.15, -0.1) is 0 Å². The van der Waals surface area contributed by atoms with Crippen molar-refractivity contribution in [2.45, 2.75) is 24.7 Å². The second-order valence-corrected chi connectivity index (χ2v) is 7.70. The smallest absolute Gasteiger partial charge is 0.306 e. The van der Waals surface area contributed by atoms with Gasteiger partial charge < -0.3 is 14.4 Å². The fourth-order valence-electron chi connectivity index (χ4n) is 2.67. The molecule has 0 radical (unpaired) electrons. The Hall–Kier alpha value is -2.13. The Morgan fingerprint density at radius 2 is 1.65 bits per heavy atom. The number of rotatable bonds is 7. The summed E-state index contributed by atoms with van der Waals surface area (Å²) < 4.78 is 36.5. The summed E-state index contributed by atoms with van der Waals surface area (Å²) in [6.45, 7) is 3.05. The molecule has 1 fully saturated rings. The maximum absolute atomic E-state index is 12.7. The lowest BCUT2D eigenvalue weighted by atomic mass is 10.2. The second kappa shape index (κ2) is 9.00. The van der Waals surface area contributed by atoms with Crippen LogP contribution in [0.5, 0.6) is 5.75 Å². The number of nitrogens with zero attached hydrogens (tertiary/aromatic N) is 2. The number of methoxy groups -OCH3 is 1. The first kappa shape index (κ1) is 20.2. The fraction of sp³-hybridized carbons (Fsp3) is 0.529. The van der Waals surface area contributed by atoms with Gasteiger partial charge in [-0.05, 0) is 31.2 Å². The van der Waals surface area contributed by atoms with Crippen LogP contribution < -0.4 is 4.74 Å². The molecule has 0 bridgehead atoms. The maximum Gasteiger partial charge on any atom is 0.306 e. The van der Waals surface area contributed by atoms with Crippen LogP contribution in [0.4, 0.5) is 0 Å². The van der Waals surface area contributed by atoms with Crippen molar-refractivity contribution in [3.05, 3.63) is 24.3 Å². The van der Waals surface area contributed by atoms with E-state index >= 15 is 0 Å². The van der Waals surface area contributed by atoms with E-state index in [2.05, 4.69) is 0 Å². The van der Waals surface area contributed by atoms with Crippen LogP contribution in [-0.2, 0) is 24.3 Å². The fourth-order valence-corrected chi connectivity index (χ4v) is 4.10. The Labute approximate surface area is 153 Å². The molecule has 0 atom stereocenters. The summed E-state index contributed by atoms with van der Waals surface area (Å²) in [4.78, 5) is 25.2. The van der Waals surface area contributed by atoms with E-state index in [1.807, 2.05) is 0 Å². The first-order valence-electron chi connectivity index (χ1n) is 8.46. The van der Waals surface area contributed by atoms with Gasteiger partial charge in [-0.2, -0.15) is 4.31 Å². The van der Waals surface area contributed by atoms with E-state index in [1.54, 1.807) is 24.0 Å². The quantitative estimate of drug-likeness (QED) is 0.648. The predicted molar refractivity (Wildman–Crippen MR) is 94.2 cm³/mol. The van der Waals surface area contributed by atoms with E-state index in [0.29, 0.717) is 18.8 Å². The maximum atomic E-state index is 12.7. The minimum atomic E-state index is -3.60. The molecule has 1 heterocycles. The molecule has 0 N–H and O–H groups in total. The number of benzene rings is 1. The topological polar surface area (TPSA) is 93.2 Å². The van der Waals surface area contributed by atoms with Crippen molar-refractivity contribution in [2.24, 2.45) is 0 Å². The SMILES string of the molecule is CCOC(=O)CCC(=O)N1CCN(S(=O)(=O)c2ccc(OC)cc2)CC1. The van der Waals surface area contributed by atoms with Crippen LogP contribution in [0.25, 0.3) is 0 Å². The molecular formula is C17H24N2O6S. The molecule has 144 valence electrons. The molecule has 0 aliphatic carbocycles. The van der Waals surface area contributed by atoms with Crippen LogP contribution in [0, 0.1) is 0 Å². The lowest BCUT2D eigenvalue weighted by molar-refractivity contribution is -0.145. The average Bonchev–Trinajstić information content (AvgIpc) is 2.66. The summed E-state index contributed by atoms with van der Waals surface area (Å²) in [5.74, 6) is 0.0158. The number of esters is 1. The number of ether oxygens (including phenoxy) is 2. The van der Waals surface area contributed by atoms with Gasteiger partial charge in [0.1, 0.15) is 5.75 Å². The highest BCUT2D eigenvalue weighted by Crippen LogP contribution is 2.20. The van der Waals surface area contributed by atoms with E-state index in [4.69, 9.17) is 9.47 Å². The summed E-state index contributed by atoms with van der Waals surface area (Å²) >= 11 is 0. The van der Waals surface area contributed by atoms with E-state index < -0.39 is 16.0 Å². The third-order valence-corrected chi connectivity index (χ3v) is 6.05. The molecule has 1 aromatic rings. The van der Waals surface area contributed by atoms with Gasteiger partial charge in [0.2, 0.25) is 15.9 Å². The van der Waals surface area contributed by atoms with Gasteiger partial charge in [0.25, 0.3) is 0 Å². The molecular weight excluding hydrogens is 360 g/mol. The van der Waals surface area contributed by atoms with Crippen molar-refractivity contribution in [1.82, 2.24) is 9.21 Å². The van der Waals surface area contributed by atoms with Crippen molar-refractivity contribution in [2.75, 3.05) is 39.9 Å². The molecule has 1 amide bonds. The highest BCUT2D eigenvalue weighted by Gasteiger charge is 2.30. The molecule has 2 rings (SSSR count). The van der Waals surface area contributed by atoms with Crippen molar-refractivity contribution >= 4 is 21.9 Å². The Bertz CT molecular complexity index is 724. The van der Waals surface area contributed by atoms with Gasteiger partial charge in [0.05, 0.1) is 25.0 Å². The zero-order valence-electron chi connectivity index (χ0n) is 15.0. The molecule has 9 heteroatoms. The first-order chi connectivity index (χ1) is 12.4. The van der Waals surface area contributed by atoms with Crippen LogP contribution in [0.2, 0.25) is 0 Å². The van der Waals surface area contributed by atoms with Crippen molar-refractivity contribution < 1.29 is 27.5 Å². The minimum Gasteiger partial charge on any atom is -0.497 e. The van der Waals surface area contributed by atoms with E-state index in [9.17, 15) is 18.0 Å². The summed E-state index contributed by atoms with van der Waals surface area (Å²) in [6, 6.07) is 6.21. The predicted octanol–water partition coefficient (Wildman–Crippen LogP) is 0.871. The van der Waals surface area contributed by atoms with Gasteiger partial charge in [-0.3, -0.25) is 9.59 Å². The van der Waals surface area contributed by atoms with E-state index in [0.717, 1.165) is 0 Å². The number of carbonyl (C=O) groups is 2. The molecule has 0 aromatic heterocycles. The Balaban J connectivity index is 1.90. The van der Waals surface area contributed by atoms with Gasteiger partial charge in [0, 0.05) is 32.6 Å². The third kappa shape index (κ3) is 4.95. The Morgan fingerprint density at radius 1 is 1.04 bits per heavy atom. The number of hydrogen-bond donors (Lipinski definition) is 0.